The van der Waals surface area contributed by atoms with E-state index in [0.717, 1.165) is 29.8 Å². The Morgan fingerprint density at radius 2 is 2.15 bits per heavy atom. The zero-order valence-corrected chi connectivity index (χ0v) is 13.0. The van der Waals surface area contributed by atoms with Gasteiger partial charge in [0, 0.05) is 24.9 Å². The predicted molar refractivity (Wildman–Crippen MR) is 80.7 cm³/mol. The first kappa shape index (κ1) is 13.9. The van der Waals surface area contributed by atoms with Gasteiger partial charge in [0.2, 0.25) is 0 Å². The SMILES string of the molecule is Cc1cc2c(cc1F)nc(CCCl)n2CC1CC1(C)C. The monoisotopic (exact) mass is 294 g/mol. The summed E-state index contributed by atoms with van der Waals surface area (Å²) >= 11 is 5.88. The summed E-state index contributed by atoms with van der Waals surface area (Å²) < 4.78 is 15.9. The zero-order chi connectivity index (χ0) is 14.5. The van der Waals surface area contributed by atoms with E-state index in [2.05, 4.69) is 23.4 Å². The van der Waals surface area contributed by atoms with Crippen LogP contribution in [0.15, 0.2) is 12.1 Å². The normalized spacial score (nSPS) is 20.6. The van der Waals surface area contributed by atoms with Gasteiger partial charge in [0.05, 0.1) is 11.0 Å². The van der Waals surface area contributed by atoms with E-state index in [1.165, 1.54) is 12.5 Å². The second-order valence-electron chi connectivity index (χ2n) is 6.56. The molecule has 2 aromatic rings. The molecule has 1 aliphatic carbocycles. The van der Waals surface area contributed by atoms with Crippen LogP contribution in [0, 0.1) is 24.1 Å². The van der Waals surface area contributed by atoms with Crippen LogP contribution in [-0.4, -0.2) is 15.4 Å². The second kappa shape index (κ2) is 4.73. The molecule has 1 aromatic carbocycles. The van der Waals surface area contributed by atoms with Gasteiger partial charge in [-0.1, -0.05) is 13.8 Å². The fourth-order valence-electron chi connectivity index (χ4n) is 2.89. The highest BCUT2D eigenvalue weighted by Crippen LogP contribution is 2.52. The Morgan fingerprint density at radius 3 is 2.75 bits per heavy atom. The Kier molecular flexibility index (Phi) is 3.28. The highest BCUT2D eigenvalue weighted by Gasteiger charge is 2.45. The summed E-state index contributed by atoms with van der Waals surface area (Å²) in [7, 11) is 0. The van der Waals surface area contributed by atoms with Gasteiger partial charge in [-0.15, -0.1) is 11.6 Å². The predicted octanol–water partition coefficient (Wildman–Crippen LogP) is 4.31. The number of imidazole rings is 1. The Balaban J connectivity index is 2.06. The number of aryl methyl sites for hydroxylation is 2. The number of aromatic nitrogens is 2. The van der Waals surface area contributed by atoms with E-state index in [4.69, 9.17) is 11.6 Å². The summed E-state index contributed by atoms with van der Waals surface area (Å²) in [5.41, 5.74) is 2.87. The molecule has 1 fully saturated rings. The van der Waals surface area contributed by atoms with Crippen molar-refractivity contribution in [3.8, 4) is 0 Å². The molecule has 1 saturated carbocycles. The Bertz CT molecular complexity index is 660. The van der Waals surface area contributed by atoms with Crippen molar-refractivity contribution in [2.75, 3.05) is 5.88 Å². The maximum atomic E-state index is 13.7. The van der Waals surface area contributed by atoms with Gasteiger partial charge in [0.15, 0.2) is 0 Å². The van der Waals surface area contributed by atoms with Gasteiger partial charge in [-0.25, -0.2) is 9.37 Å². The van der Waals surface area contributed by atoms with E-state index in [1.54, 1.807) is 6.92 Å². The lowest BCUT2D eigenvalue weighted by molar-refractivity contribution is 0.496. The molecule has 0 spiro atoms. The summed E-state index contributed by atoms with van der Waals surface area (Å²) in [6.07, 6.45) is 1.97. The van der Waals surface area contributed by atoms with E-state index < -0.39 is 0 Å². The Morgan fingerprint density at radius 1 is 1.45 bits per heavy atom. The standard InChI is InChI=1S/C16H20ClFN2/c1-10-6-14-13(7-12(10)18)19-15(4-5-17)20(14)9-11-8-16(11,2)3/h6-7,11H,4-5,8-9H2,1-3H3. The number of halogens is 2. The van der Waals surface area contributed by atoms with E-state index in [0.29, 0.717) is 22.8 Å². The van der Waals surface area contributed by atoms with Crippen molar-refractivity contribution >= 4 is 22.6 Å². The number of fused-ring (bicyclic) bond motifs is 1. The number of alkyl halides is 1. The molecule has 0 bridgehead atoms. The van der Waals surface area contributed by atoms with Crippen LogP contribution in [0.5, 0.6) is 0 Å². The van der Waals surface area contributed by atoms with Crippen molar-refractivity contribution in [3.63, 3.8) is 0 Å². The molecule has 0 N–H and O–H groups in total. The summed E-state index contributed by atoms with van der Waals surface area (Å²) in [6.45, 7) is 7.35. The summed E-state index contributed by atoms with van der Waals surface area (Å²) in [4.78, 5) is 4.57. The molecule has 1 aromatic heterocycles. The number of nitrogens with zero attached hydrogens (tertiary/aromatic N) is 2. The average Bonchev–Trinajstić information content (AvgIpc) is 2.84. The lowest BCUT2D eigenvalue weighted by Crippen LogP contribution is -2.08. The fraction of sp³-hybridized carbons (Fsp3) is 0.562. The Labute approximate surface area is 123 Å². The third-order valence-electron chi connectivity index (χ3n) is 4.55. The van der Waals surface area contributed by atoms with Crippen LogP contribution in [0.3, 0.4) is 0 Å². The molecule has 3 rings (SSSR count). The van der Waals surface area contributed by atoms with E-state index in [-0.39, 0.29) is 5.82 Å². The molecule has 20 heavy (non-hydrogen) atoms. The van der Waals surface area contributed by atoms with Gasteiger partial charge in [0.1, 0.15) is 11.6 Å². The van der Waals surface area contributed by atoms with Crippen LogP contribution in [0.1, 0.15) is 31.7 Å². The molecule has 4 heteroatoms. The van der Waals surface area contributed by atoms with Gasteiger partial charge in [-0.2, -0.15) is 0 Å². The summed E-state index contributed by atoms with van der Waals surface area (Å²) in [6, 6.07) is 3.45. The topological polar surface area (TPSA) is 17.8 Å². The molecular weight excluding hydrogens is 275 g/mol. The molecule has 0 aliphatic heterocycles. The summed E-state index contributed by atoms with van der Waals surface area (Å²) in [5.74, 6) is 2.01. The van der Waals surface area contributed by atoms with Crippen LogP contribution in [-0.2, 0) is 13.0 Å². The smallest absolute Gasteiger partial charge is 0.128 e. The number of benzene rings is 1. The minimum Gasteiger partial charge on any atom is -0.328 e. The molecule has 2 nitrogen and oxygen atoms in total. The van der Waals surface area contributed by atoms with E-state index in [9.17, 15) is 4.39 Å². The van der Waals surface area contributed by atoms with Crippen molar-refractivity contribution in [3.05, 3.63) is 29.3 Å². The molecule has 1 atom stereocenters. The number of hydrogen-bond donors (Lipinski definition) is 0. The molecule has 1 unspecified atom stereocenters. The van der Waals surface area contributed by atoms with Gasteiger partial charge in [-0.05, 0) is 36.3 Å². The van der Waals surface area contributed by atoms with Crippen molar-refractivity contribution < 1.29 is 4.39 Å². The highest BCUT2D eigenvalue weighted by molar-refractivity contribution is 6.17. The van der Waals surface area contributed by atoms with Gasteiger partial charge >= 0.3 is 0 Å². The molecule has 1 heterocycles. The first-order valence-electron chi connectivity index (χ1n) is 7.13. The van der Waals surface area contributed by atoms with E-state index in [1.807, 2.05) is 6.07 Å². The van der Waals surface area contributed by atoms with Crippen molar-refractivity contribution in [2.24, 2.45) is 11.3 Å². The van der Waals surface area contributed by atoms with Gasteiger partial charge in [0.25, 0.3) is 0 Å². The van der Waals surface area contributed by atoms with Crippen LogP contribution in [0.2, 0.25) is 0 Å². The first-order valence-corrected chi connectivity index (χ1v) is 7.67. The third kappa shape index (κ3) is 2.32. The highest BCUT2D eigenvalue weighted by atomic mass is 35.5. The maximum absolute atomic E-state index is 13.7. The van der Waals surface area contributed by atoms with Crippen molar-refractivity contribution in [1.82, 2.24) is 9.55 Å². The largest absolute Gasteiger partial charge is 0.328 e. The van der Waals surface area contributed by atoms with Crippen LogP contribution < -0.4 is 0 Å². The number of rotatable bonds is 4. The second-order valence-corrected chi connectivity index (χ2v) is 6.94. The van der Waals surface area contributed by atoms with E-state index >= 15 is 0 Å². The third-order valence-corrected chi connectivity index (χ3v) is 4.74. The van der Waals surface area contributed by atoms with Gasteiger partial charge in [-0.3, -0.25) is 0 Å². The zero-order valence-electron chi connectivity index (χ0n) is 12.2. The molecule has 1 aliphatic rings. The minimum atomic E-state index is -0.189. The molecule has 108 valence electrons. The van der Waals surface area contributed by atoms with Crippen LogP contribution >= 0.6 is 11.6 Å². The lowest BCUT2D eigenvalue weighted by Gasteiger charge is -2.10. The lowest BCUT2D eigenvalue weighted by atomic mass is 10.1. The molecule has 0 amide bonds. The first-order chi connectivity index (χ1) is 9.42. The molecule has 0 radical (unpaired) electrons. The van der Waals surface area contributed by atoms with Crippen LogP contribution in [0.4, 0.5) is 4.39 Å². The molecular formula is C16H20ClFN2. The maximum Gasteiger partial charge on any atom is 0.128 e. The number of hydrogen-bond acceptors (Lipinski definition) is 1. The fourth-order valence-corrected chi connectivity index (χ4v) is 3.06. The van der Waals surface area contributed by atoms with Crippen molar-refractivity contribution in [2.45, 2.75) is 40.2 Å². The quantitative estimate of drug-likeness (QED) is 0.768. The average molecular weight is 295 g/mol. The minimum absolute atomic E-state index is 0.189. The summed E-state index contributed by atoms with van der Waals surface area (Å²) in [5, 5.41) is 0. The Hall–Kier alpha value is -1.09. The van der Waals surface area contributed by atoms with Crippen molar-refractivity contribution in [1.29, 1.82) is 0 Å². The molecule has 0 saturated heterocycles. The van der Waals surface area contributed by atoms with Crippen LogP contribution in [0.25, 0.3) is 11.0 Å². The van der Waals surface area contributed by atoms with Gasteiger partial charge < -0.3 is 4.57 Å².